The molecule has 0 aromatic rings. The highest BCUT2D eigenvalue weighted by atomic mass is 35.5. The molecule has 0 aromatic carbocycles. The Morgan fingerprint density at radius 3 is 2.43 bits per heavy atom. The number of halogens is 1. The number of piperazine rings is 1. The van der Waals surface area contributed by atoms with Crippen LogP contribution in [0.4, 0.5) is 0 Å². The van der Waals surface area contributed by atoms with Crippen LogP contribution >= 0.6 is 12.4 Å². The van der Waals surface area contributed by atoms with Crippen LogP contribution in [0.25, 0.3) is 0 Å². The predicted octanol–water partition coefficient (Wildman–Crippen LogP) is 0.440. The summed E-state index contributed by atoms with van der Waals surface area (Å²) < 4.78 is 25.0. The summed E-state index contributed by atoms with van der Waals surface area (Å²) in [5.41, 5.74) is 0. The smallest absolute Gasteiger partial charge is 0.216 e. The third kappa shape index (κ3) is 3.08. The van der Waals surface area contributed by atoms with Crippen molar-refractivity contribution in [2.45, 2.75) is 32.1 Å². The molecule has 1 atom stereocenters. The van der Waals surface area contributed by atoms with Gasteiger partial charge in [0, 0.05) is 25.7 Å². The Balaban J connectivity index is 0.00000169. The third-order valence-corrected chi connectivity index (χ3v) is 4.53. The molecule has 0 aromatic heterocycles. The topological polar surface area (TPSA) is 49.4 Å². The number of hydrogen-bond acceptors (Lipinski definition) is 3. The van der Waals surface area contributed by atoms with Crippen LogP contribution in [0.5, 0.6) is 0 Å². The van der Waals surface area contributed by atoms with E-state index < -0.39 is 10.0 Å². The van der Waals surface area contributed by atoms with Crippen LogP contribution in [0.2, 0.25) is 0 Å². The van der Waals surface area contributed by atoms with Crippen molar-refractivity contribution >= 4 is 22.4 Å². The van der Waals surface area contributed by atoms with Crippen LogP contribution in [-0.4, -0.2) is 43.6 Å². The Labute approximate surface area is 92.5 Å². The lowest BCUT2D eigenvalue weighted by Gasteiger charge is -2.32. The second-order valence-electron chi connectivity index (χ2n) is 3.81. The van der Waals surface area contributed by atoms with Crippen molar-refractivity contribution in [1.29, 1.82) is 0 Å². The number of hydrogen-bond donors (Lipinski definition) is 1. The first-order valence-corrected chi connectivity index (χ1v) is 6.17. The van der Waals surface area contributed by atoms with Crippen molar-refractivity contribution in [2.75, 3.05) is 19.6 Å². The highest BCUT2D eigenvalue weighted by Crippen LogP contribution is 2.10. The van der Waals surface area contributed by atoms with Gasteiger partial charge < -0.3 is 5.32 Å². The normalized spacial score (nSPS) is 24.7. The summed E-state index contributed by atoms with van der Waals surface area (Å²) in [6.07, 6.45) is 0. The van der Waals surface area contributed by atoms with Gasteiger partial charge in [0.1, 0.15) is 0 Å². The van der Waals surface area contributed by atoms with Gasteiger partial charge in [-0.1, -0.05) is 0 Å². The molecule has 86 valence electrons. The molecule has 0 radical (unpaired) electrons. The molecule has 0 bridgehead atoms. The van der Waals surface area contributed by atoms with Crippen molar-refractivity contribution in [3.05, 3.63) is 0 Å². The molecular formula is C8H19ClN2O2S. The van der Waals surface area contributed by atoms with Crippen LogP contribution < -0.4 is 5.32 Å². The van der Waals surface area contributed by atoms with E-state index in [1.54, 1.807) is 18.2 Å². The maximum absolute atomic E-state index is 11.7. The Morgan fingerprint density at radius 2 is 2.00 bits per heavy atom. The summed E-state index contributed by atoms with van der Waals surface area (Å²) >= 11 is 0. The van der Waals surface area contributed by atoms with Crippen molar-refractivity contribution in [3.8, 4) is 0 Å². The van der Waals surface area contributed by atoms with E-state index in [9.17, 15) is 8.42 Å². The van der Waals surface area contributed by atoms with Crippen molar-refractivity contribution in [3.63, 3.8) is 0 Å². The van der Waals surface area contributed by atoms with Crippen LogP contribution in [-0.2, 0) is 10.0 Å². The number of nitrogens with one attached hydrogen (secondary N) is 1. The minimum Gasteiger partial charge on any atom is -0.312 e. The fourth-order valence-corrected chi connectivity index (χ4v) is 2.80. The summed E-state index contributed by atoms with van der Waals surface area (Å²) in [4.78, 5) is 0. The molecule has 1 aliphatic heterocycles. The fraction of sp³-hybridized carbons (Fsp3) is 1.00. The molecule has 0 amide bonds. The summed E-state index contributed by atoms with van der Waals surface area (Å²) in [7, 11) is -3.04. The third-order valence-electron chi connectivity index (χ3n) is 2.29. The minimum absolute atomic E-state index is 0. The highest BCUT2D eigenvalue weighted by Gasteiger charge is 2.28. The van der Waals surface area contributed by atoms with Gasteiger partial charge in [0.25, 0.3) is 0 Å². The first kappa shape index (κ1) is 14.2. The maximum Gasteiger partial charge on any atom is 0.216 e. The lowest BCUT2D eigenvalue weighted by molar-refractivity contribution is 0.308. The molecule has 0 spiro atoms. The molecule has 1 N–H and O–H groups in total. The average Bonchev–Trinajstić information content (AvgIpc) is 2.04. The SMILES string of the molecule is CC(C)S(=O)(=O)N1CCN[C@@H](C)C1.Cl. The Hall–Kier alpha value is 0.160. The van der Waals surface area contributed by atoms with E-state index in [1.165, 1.54) is 0 Å². The average molecular weight is 243 g/mol. The Bertz CT molecular complexity index is 267. The first-order valence-electron chi connectivity index (χ1n) is 4.67. The summed E-state index contributed by atoms with van der Waals surface area (Å²) in [5.74, 6) is 0. The number of nitrogens with zero attached hydrogens (tertiary/aromatic N) is 1. The summed E-state index contributed by atoms with van der Waals surface area (Å²) in [5, 5.41) is 2.91. The van der Waals surface area contributed by atoms with Gasteiger partial charge in [-0.25, -0.2) is 8.42 Å². The Kier molecular flexibility index (Phi) is 5.36. The molecule has 6 heteroatoms. The fourth-order valence-electron chi connectivity index (χ4n) is 1.43. The highest BCUT2D eigenvalue weighted by molar-refractivity contribution is 7.89. The van der Waals surface area contributed by atoms with Gasteiger partial charge in [-0.15, -0.1) is 12.4 Å². The van der Waals surface area contributed by atoms with E-state index in [-0.39, 0.29) is 23.7 Å². The van der Waals surface area contributed by atoms with Crippen LogP contribution in [0, 0.1) is 0 Å². The zero-order chi connectivity index (χ0) is 10.1. The van der Waals surface area contributed by atoms with Crippen LogP contribution in [0.3, 0.4) is 0 Å². The molecule has 4 nitrogen and oxygen atoms in total. The molecule has 0 saturated carbocycles. The van der Waals surface area contributed by atoms with E-state index in [0.717, 1.165) is 6.54 Å². The van der Waals surface area contributed by atoms with E-state index >= 15 is 0 Å². The summed E-state index contributed by atoms with van der Waals surface area (Å²) in [6, 6.07) is 0.266. The van der Waals surface area contributed by atoms with E-state index in [4.69, 9.17) is 0 Å². The standard InChI is InChI=1S/C8H18N2O2S.ClH/c1-7(2)13(11,12)10-5-4-9-8(3)6-10;/h7-9H,4-6H2,1-3H3;1H/t8-;/m0./s1. The first-order chi connectivity index (χ1) is 5.94. The monoisotopic (exact) mass is 242 g/mol. The van der Waals surface area contributed by atoms with E-state index in [0.29, 0.717) is 13.1 Å². The lowest BCUT2D eigenvalue weighted by Crippen LogP contribution is -2.52. The van der Waals surface area contributed by atoms with Crippen molar-refractivity contribution < 1.29 is 8.42 Å². The van der Waals surface area contributed by atoms with E-state index in [1.807, 2.05) is 6.92 Å². The predicted molar refractivity (Wildman–Crippen MR) is 60.3 cm³/mol. The molecule has 0 unspecified atom stereocenters. The molecule has 14 heavy (non-hydrogen) atoms. The van der Waals surface area contributed by atoms with Crippen molar-refractivity contribution in [1.82, 2.24) is 9.62 Å². The zero-order valence-corrected chi connectivity index (χ0v) is 10.5. The molecule has 1 saturated heterocycles. The van der Waals surface area contributed by atoms with Crippen LogP contribution in [0.15, 0.2) is 0 Å². The zero-order valence-electron chi connectivity index (χ0n) is 8.86. The minimum atomic E-state index is -3.04. The molecule has 1 heterocycles. The van der Waals surface area contributed by atoms with Gasteiger partial charge in [0.15, 0.2) is 0 Å². The second-order valence-corrected chi connectivity index (χ2v) is 6.30. The lowest BCUT2D eigenvalue weighted by atomic mass is 10.3. The quantitative estimate of drug-likeness (QED) is 0.765. The van der Waals surface area contributed by atoms with Crippen molar-refractivity contribution in [2.24, 2.45) is 0 Å². The van der Waals surface area contributed by atoms with Gasteiger partial charge in [-0.2, -0.15) is 4.31 Å². The van der Waals surface area contributed by atoms with Gasteiger partial charge in [-0.3, -0.25) is 0 Å². The van der Waals surface area contributed by atoms with Crippen LogP contribution in [0.1, 0.15) is 20.8 Å². The summed E-state index contributed by atoms with van der Waals surface area (Å²) in [6.45, 7) is 7.41. The maximum atomic E-state index is 11.7. The molecule has 0 aliphatic carbocycles. The van der Waals surface area contributed by atoms with Gasteiger partial charge in [0.2, 0.25) is 10.0 Å². The molecular weight excluding hydrogens is 224 g/mol. The number of sulfonamides is 1. The largest absolute Gasteiger partial charge is 0.312 e. The molecule has 1 aliphatic rings. The van der Waals surface area contributed by atoms with Gasteiger partial charge >= 0.3 is 0 Å². The number of rotatable bonds is 2. The molecule has 1 fully saturated rings. The molecule has 1 rings (SSSR count). The second kappa shape index (κ2) is 5.30. The van der Waals surface area contributed by atoms with E-state index in [2.05, 4.69) is 5.32 Å². The van der Waals surface area contributed by atoms with Gasteiger partial charge in [-0.05, 0) is 20.8 Å². The Morgan fingerprint density at radius 1 is 1.43 bits per heavy atom. The van der Waals surface area contributed by atoms with Gasteiger partial charge in [0.05, 0.1) is 5.25 Å².